The van der Waals surface area contributed by atoms with Crippen LogP contribution in [0, 0.1) is 5.82 Å². The van der Waals surface area contributed by atoms with Gasteiger partial charge in [0, 0.05) is 12.6 Å². The van der Waals surface area contributed by atoms with Crippen LogP contribution in [0.3, 0.4) is 0 Å². The van der Waals surface area contributed by atoms with Gasteiger partial charge in [0.15, 0.2) is 0 Å². The average Bonchev–Trinajstić information content (AvgIpc) is 2.90. The fourth-order valence-corrected chi connectivity index (χ4v) is 2.48. The van der Waals surface area contributed by atoms with Gasteiger partial charge in [0.1, 0.15) is 5.82 Å². The molecule has 0 radical (unpaired) electrons. The van der Waals surface area contributed by atoms with E-state index in [-0.39, 0.29) is 11.9 Å². The molecular weight excluding hydrogens is 249 g/mol. The van der Waals surface area contributed by atoms with E-state index in [1.807, 2.05) is 5.38 Å². The van der Waals surface area contributed by atoms with Crippen LogP contribution in [0.25, 0.3) is 0 Å². The Morgan fingerprint density at radius 1 is 1.22 bits per heavy atom. The highest BCUT2D eigenvalue weighted by Crippen LogP contribution is 2.17. The highest BCUT2D eigenvalue weighted by Gasteiger charge is 2.10. The highest BCUT2D eigenvalue weighted by molar-refractivity contribution is 7.07. The number of rotatable bonds is 5. The number of hydrogen-bond acceptors (Lipinski definition) is 3. The Morgan fingerprint density at radius 2 is 1.94 bits per heavy atom. The minimum absolute atomic E-state index is 0.200. The van der Waals surface area contributed by atoms with Gasteiger partial charge in [-0.05, 0) is 47.0 Å². The molecule has 96 valence electrons. The summed E-state index contributed by atoms with van der Waals surface area (Å²) >= 11 is 1.66. The molecular formula is C14H16FNOS. The second kappa shape index (κ2) is 6.09. The quantitative estimate of drug-likeness (QED) is 0.869. The van der Waals surface area contributed by atoms with Gasteiger partial charge in [-0.2, -0.15) is 11.3 Å². The molecule has 0 bridgehead atoms. The maximum Gasteiger partial charge on any atom is 0.123 e. The lowest BCUT2D eigenvalue weighted by atomic mass is 10.1. The number of halogens is 1. The molecule has 1 aromatic heterocycles. The molecule has 2 N–H and O–H groups in total. The van der Waals surface area contributed by atoms with E-state index in [0.29, 0.717) is 6.54 Å². The van der Waals surface area contributed by atoms with Crippen LogP contribution >= 0.6 is 11.3 Å². The summed E-state index contributed by atoms with van der Waals surface area (Å²) in [5, 5.41) is 17.4. The molecule has 0 amide bonds. The van der Waals surface area contributed by atoms with Gasteiger partial charge < -0.3 is 10.4 Å². The van der Waals surface area contributed by atoms with E-state index in [2.05, 4.69) is 23.7 Å². The van der Waals surface area contributed by atoms with Crippen LogP contribution in [-0.4, -0.2) is 11.7 Å². The van der Waals surface area contributed by atoms with Crippen LogP contribution in [0.5, 0.6) is 0 Å². The zero-order chi connectivity index (χ0) is 13.0. The number of nitrogens with one attached hydrogen (secondary N) is 1. The molecule has 0 spiro atoms. The maximum atomic E-state index is 12.8. The molecule has 0 saturated heterocycles. The Hall–Kier alpha value is -1.23. The van der Waals surface area contributed by atoms with E-state index in [4.69, 9.17) is 0 Å². The van der Waals surface area contributed by atoms with Crippen molar-refractivity contribution in [1.29, 1.82) is 0 Å². The molecule has 18 heavy (non-hydrogen) atoms. The lowest BCUT2D eigenvalue weighted by Gasteiger charge is -2.16. The van der Waals surface area contributed by atoms with Gasteiger partial charge in [-0.15, -0.1) is 0 Å². The van der Waals surface area contributed by atoms with Crippen molar-refractivity contribution < 1.29 is 9.50 Å². The Morgan fingerprint density at radius 3 is 2.56 bits per heavy atom. The SMILES string of the molecule is CC(NCC(O)c1ccc(F)cc1)c1ccsc1. The molecule has 2 unspecified atom stereocenters. The Bertz CT molecular complexity index is 469. The molecule has 0 fully saturated rings. The standard InChI is InChI=1S/C14H16FNOS/c1-10(12-6-7-18-9-12)16-8-14(17)11-2-4-13(15)5-3-11/h2-7,9-10,14,16-17H,8H2,1H3. The summed E-state index contributed by atoms with van der Waals surface area (Å²) in [7, 11) is 0. The zero-order valence-corrected chi connectivity index (χ0v) is 11.0. The van der Waals surface area contributed by atoms with E-state index in [1.54, 1.807) is 23.5 Å². The van der Waals surface area contributed by atoms with Crippen LogP contribution in [0.2, 0.25) is 0 Å². The predicted octanol–water partition coefficient (Wildman–Crippen LogP) is 3.27. The van der Waals surface area contributed by atoms with Gasteiger partial charge in [0.05, 0.1) is 6.10 Å². The summed E-state index contributed by atoms with van der Waals surface area (Å²) in [4.78, 5) is 0. The zero-order valence-electron chi connectivity index (χ0n) is 10.1. The fraction of sp³-hybridized carbons (Fsp3) is 0.286. The van der Waals surface area contributed by atoms with Gasteiger partial charge in [0.25, 0.3) is 0 Å². The smallest absolute Gasteiger partial charge is 0.123 e. The number of aliphatic hydroxyl groups excluding tert-OH is 1. The van der Waals surface area contributed by atoms with Crippen molar-refractivity contribution in [2.75, 3.05) is 6.54 Å². The largest absolute Gasteiger partial charge is 0.387 e. The molecule has 4 heteroatoms. The Kier molecular flexibility index (Phi) is 4.47. The third-order valence-electron chi connectivity index (χ3n) is 2.92. The third-order valence-corrected chi connectivity index (χ3v) is 3.62. The van der Waals surface area contributed by atoms with Gasteiger partial charge in [-0.3, -0.25) is 0 Å². The van der Waals surface area contributed by atoms with Crippen molar-refractivity contribution in [3.8, 4) is 0 Å². The fourth-order valence-electron chi connectivity index (χ4n) is 1.73. The number of thiophene rings is 1. The molecule has 0 aliphatic carbocycles. The van der Waals surface area contributed by atoms with Crippen LogP contribution < -0.4 is 5.32 Å². The molecule has 2 rings (SSSR count). The molecule has 2 nitrogen and oxygen atoms in total. The first-order valence-electron chi connectivity index (χ1n) is 5.86. The predicted molar refractivity (Wildman–Crippen MR) is 72.1 cm³/mol. The topological polar surface area (TPSA) is 32.3 Å². The van der Waals surface area contributed by atoms with Crippen LogP contribution in [-0.2, 0) is 0 Å². The highest BCUT2D eigenvalue weighted by atomic mass is 32.1. The first kappa shape index (κ1) is 13.2. The van der Waals surface area contributed by atoms with E-state index in [9.17, 15) is 9.50 Å². The molecule has 0 aliphatic rings. The Balaban J connectivity index is 1.88. The summed E-state index contributed by atoms with van der Waals surface area (Å²) in [6.07, 6.45) is -0.619. The average molecular weight is 265 g/mol. The molecule has 1 aromatic carbocycles. The first-order chi connectivity index (χ1) is 8.66. The maximum absolute atomic E-state index is 12.8. The minimum atomic E-state index is -0.619. The Labute approximate surface area is 110 Å². The summed E-state index contributed by atoms with van der Waals surface area (Å²) in [6.45, 7) is 2.50. The second-order valence-electron chi connectivity index (χ2n) is 4.25. The van der Waals surface area contributed by atoms with E-state index < -0.39 is 6.10 Å². The van der Waals surface area contributed by atoms with Crippen molar-refractivity contribution in [3.63, 3.8) is 0 Å². The minimum Gasteiger partial charge on any atom is -0.387 e. The monoisotopic (exact) mass is 265 g/mol. The first-order valence-corrected chi connectivity index (χ1v) is 6.80. The van der Waals surface area contributed by atoms with Crippen molar-refractivity contribution in [1.82, 2.24) is 5.32 Å². The normalized spacial score (nSPS) is 14.4. The van der Waals surface area contributed by atoms with E-state index >= 15 is 0 Å². The lowest BCUT2D eigenvalue weighted by molar-refractivity contribution is 0.170. The summed E-state index contributed by atoms with van der Waals surface area (Å²) in [5.74, 6) is -0.287. The molecule has 0 saturated carbocycles. The van der Waals surface area contributed by atoms with E-state index in [0.717, 1.165) is 5.56 Å². The number of benzene rings is 1. The lowest BCUT2D eigenvalue weighted by Crippen LogP contribution is -2.24. The molecule has 1 heterocycles. The van der Waals surface area contributed by atoms with Crippen molar-refractivity contribution in [2.24, 2.45) is 0 Å². The molecule has 2 aromatic rings. The van der Waals surface area contributed by atoms with Crippen LogP contribution in [0.4, 0.5) is 4.39 Å². The van der Waals surface area contributed by atoms with Gasteiger partial charge in [-0.1, -0.05) is 12.1 Å². The van der Waals surface area contributed by atoms with Gasteiger partial charge >= 0.3 is 0 Å². The number of aliphatic hydroxyl groups is 1. The third kappa shape index (κ3) is 3.38. The van der Waals surface area contributed by atoms with Crippen molar-refractivity contribution in [2.45, 2.75) is 19.1 Å². The van der Waals surface area contributed by atoms with Crippen molar-refractivity contribution >= 4 is 11.3 Å². The van der Waals surface area contributed by atoms with E-state index in [1.165, 1.54) is 17.7 Å². The van der Waals surface area contributed by atoms with Crippen LogP contribution in [0.1, 0.15) is 30.2 Å². The van der Waals surface area contributed by atoms with Crippen molar-refractivity contribution in [3.05, 3.63) is 58.0 Å². The summed E-state index contributed by atoms with van der Waals surface area (Å²) < 4.78 is 12.8. The summed E-state index contributed by atoms with van der Waals surface area (Å²) in [5.41, 5.74) is 1.94. The second-order valence-corrected chi connectivity index (χ2v) is 5.03. The van der Waals surface area contributed by atoms with Gasteiger partial charge in [-0.25, -0.2) is 4.39 Å². The van der Waals surface area contributed by atoms with Crippen LogP contribution in [0.15, 0.2) is 41.1 Å². The molecule has 0 aliphatic heterocycles. The van der Waals surface area contributed by atoms with Gasteiger partial charge in [0.2, 0.25) is 0 Å². The summed E-state index contributed by atoms with van der Waals surface area (Å²) in [6, 6.07) is 8.20. The molecule has 2 atom stereocenters. The number of hydrogen-bond donors (Lipinski definition) is 2.